The second-order valence-corrected chi connectivity index (χ2v) is 17.7. The molecule has 0 spiro atoms. The first-order chi connectivity index (χ1) is 28.8. The normalized spacial score (nSPS) is 12.1. The van der Waals surface area contributed by atoms with E-state index in [0.29, 0.717) is 0 Å². The Morgan fingerprint density at radius 2 is 0.741 bits per heavy atom. The van der Waals surface area contributed by atoms with Crippen LogP contribution in [0.4, 0.5) is 0 Å². The molecule has 268 valence electrons. The highest BCUT2D eigenvalue weighted by molar-refractivity contribution is 7.27. The number of hydrogen-bond acceptors (Lipinski definition) is 2. The van der Waals surface area contributed by atoms with Gasteiger partial charge in [-0.1, -0.05) is 164 Å². The van der Waals surface area contributed by atoms with E-state index in [1.807, 2.05) is 22.7 Å². The molecular weight excluding hydrogens is 737 g/mol. The molecule has 0 aliphatic heterocycles. The van der Waals surface area contributed by atoms with Crippen LogP contribution in [0.25, 0.3) is 128 Å². The minimum Gasteiger partial charge on any atom is -0.135 e. The van der Waals surface area contributed by atoms with Crippen molar-refractivity contribution in [1.29, 1.82) is 0 Å². The predicted molar refractivity (Wildman–Crippen MR) is 256 cm³/mol. The minimum atomic E-state index is 1.24. The van der Waals surface area contributed by atoms with Gasteiger partial charge in [0.25, 0.3) is 0 Å². The molecule has 2 heterocycles. The quantitative estimate of drug-likeness (QED) is 0.157. The van der Waals surface area contributed by atoms with Crippen LogP contribution in [0.5, 0.6) is 0 Å². The summed E-state index contributed by atoms with van der Waals surface area (Å²) in [4.78, 5) is 0. The lowest BCUT2D eigenvalue weighted by Crippen LogP contribution is -1.93. The van der Waals surface area contributed by atoms with Crippen molar-refractivity contribution in [2.24, 2.45) is 0 Å². The summed E-state index contributed by atoms with van der Waals surface area (Å²) >= 11 is 3.83. The largest absolute Gasteiger partial charge is 0.135 e. The van der Waals surface area contributed by atoms with E-state index in [9.17, 15) is 0 Å². The van der Waals surface area contributed by atoms with Crippen molar-refractivity contribution in [2.45, 2.75) is 0 Å². The van der Waals surface area contributed by atoms with E-state index in [-0.39, 0.29) is 0 Å². The van der Waals surface area contributed by atoms with Gasteiger partial charge in [0.05, 0.1) is 0 Å². The van der Waals surface area contributed by atoms with Crippen molar-refractivity contribution in [1.82, 2.24) is 0 Å². The molecule has 58 heavy (non-hydrogen) atoms. The molecule has 13 rings (SSSR count). The van der Waals surface area contributed by atoms with Crippen LogP contribution >= 0.6 is 22.7 Å². The lowest BCUT2D eigenvalue weighted by molar-refractivity contribution is 1.67. The summed E-state index contributed by atoms with van der Waals surface area (Å²) in [7, 11) is 0. The van der Waals surface area contributed by atoms with Gasteiger partial charge in [0.2, 0.25) is 0 Å². The fourth-order valence-corrected chi connectivity index (χ4v) is 12.2. The first-order valence-electron chi connectivity index (χ1n) is 19.9. The van der Waals surface area contributed by atoms with Gasteiger partial charge in [-0.2, -0.15) is 0 Å². The second kappa shape index (κ2) is 12.3. The van der Waals surface area contributed by atoms with E-state index in [1.165, 1.54) is 128 Å². The summed E-state index contributed by atoms with van der Waals surface area (Å²) < 4.78 is 5.39. The maximum atomic E-state index is 2.47. The second-order valence-electron chi connectivity index (χ2n) is 15.5. The summed E-state index contributed by atoms with van der Waals surface area (Å²) in [6, 6.07) is 72.7. The highest BCUT2D eigenvalue weighted by atomic mass is 32.1. The monoisotopic (exact) mass is 768 g/mol. The summed E-state index contributed by atoms with van der Waals surface area (Å²) in [5, 5.41) is 18.2. The predicted octanol–water partition coefficient (Wildman–Crippen LogP) is 17.2. The average Bonchev–Trinajstić information content (AvgIpc) is 3.84. The maximum absolute atomic E-state index is 2.47. The third-order valence-electron chi connectivity index (χ3n) is 12.4. The number of fused-ring (bicyclic) bond motifs is 12. The van der Waals surface area contributed by atoms with Crippen molar-refractivity contribution in [3.05, 3.63) is 194 Å². The van der Waals surface area contributed by atoms with Gasteiger partial charge in [-0.05, 0) is 118 Å². The third-order valence-corrected chi connectivity index (χ3v) is 14.7. The molecule has 2 aromatic heterocycles. The fraction of sp³-hybridized carbons (Fsp3) is 0. The topological polar surface area (TPSA) is 0 Å². The molecule has 0 N–H and O–H groups in total. The van der Waals surface area contributed by atoms with Crippen molar-refractivity contribution in [2.75, 3.05) is 0 Å². The zero-order valence-electron chi connectivity index (χ0n) is 31.3. The maximum Gasteiger partial charge on any atom is 0.0368 e. The van der Waals surface area contributed by atoms with Crippen LogP contribution in [-0.4, -0.2) is 0 Å². The van der Waals surface area contributed by atoms with Crippen LogP contribution in [0.1, 0.15) is 0 Å². The number of hydrogen-bond donors (Lipinski definition) is 0. The van der Waals surface area contributed by atoms with E-state index in [1.54, 1.807) is 0 Å². The molecule has 0 saturated heterocycles. The average molecular weight is 769 g/mol. The van der Waals surface area contributed by atoms with Crippen LogP contribution in [-0.2, 0) is 0 Å². The smallest absolute Gasteiger partial charge is 0.0368 e. The summed E-state index contributed by atoms with van der Waals surface area (Å²) in [5.74, 6) is 0. The van der Waals surface area contributed by atoms with Gasteiger partial charge >= 0.3 is 0 Å². The molecule has 0 aliphatic carbocycles. The molecule has 11 aromatic carbocycles. The van der Waals surface area contributed by atoms with E-state index in [0.717, 1.165) is 0 Å². The molecule has 0 bridgehead atoms. The Balaban J connectivity index is 1.06. The van der Waals surface area contributed by atoms with Crippen LogP contribution < -0.4 is 0 Å². The zero-order chi connectivity index (χ0) is 37.9. The molecule has 0 radical (unpaired) electrons. The summed E-state index contributed by atoms with van der Waals surface area (Å²) in [6.07, 6.45) is 0. The summed E-state index contributed by atoms with van der Waals surface area (Å²) in [6.45, 7) is 0. The number of thiophene rings is 2. The Kier molecular flexibility index (Phi) is 6.86. The van der Waals surface area contributed by atoms with Crippen LogP contribution in [0.3, 0.4) is 0 Å². The molecular formula is C56H32S2. The van der Waals surface area contributed by atoms with Crippen LogP contribution in [0.2, 0.25) is 0 Å². The third kappa shape index (κ3) is 4.62. The minimum absolute atomic E-state index is 1.24. The highest BCUT2D eigenvalue weighted by Gasteiger charge is 2.21. The Hall–Kier alpha value is -6.84. The lowest BCUT2D eigenvalue weighted by atomic mass is 9.83. The lowest BCUT2D eigenvalue weighted by Gasteiger charge is -2.20. The zero-order valence-corrected chi connectivity index (χ0v) is 32.9. The van der Waals surface area contributed by atoms with Gasteiger partial charge in [0.1, 0.15) is 0 Å². The molecule has 13 aromatic rings. The Labute approximate surface area is 342 Å². The van der Waals surface area contributed by atoms with Crippen molar-refractivity contribution < 1.29 is 0 Å². The molecule has 0 saturated carbocycles. The summed E-state index contributed by atoms with van der Waals surface area (Å²) in [5.41, 5.74) is 7.63. The van der Waals surface area contributed by atoms with Gasteiger partial charge in [-0.25, -0.2) is 0 Å². The molecule has 0 aliphatic rings. The van der Waals surface area contributed by atoms with E-state index in [2.05, 4.69) is 194 Å². The standard InChI is InChI=1S/C56H32S2/c1-2-14-34-29-35(26-25-33(34)13-1)54-42-20-7-9-22-44(42)55(45-23-10-8-21-43(45)54)46-28-27-39(36-15-3-4-16-37(36)46)47-30-53-56(41-19-6-5-17-38(41)47)49-32-51-48(31-52(49)58-53)40-18-11-12-24-50(40)57-51/h1-32H. The highest BCUT2D eigenvalue weighted by Crippen LogP contribution is 2.50. The Bertz CT molecular complexity index is 3800. The van der Waals surface area contributed by atoms with Gasteiger partial charge in [0, 0.05) is 40.3 Å². The molecule has 0 unspecified atom stereocenters. The molecule has 0 fully saturated rings. The first-order valence-corrected chi connectivity index (χ1v) is 21.5. The molecule has 0 amide bonds. The fourth-order valence-electron chi connectivity index (χ4n) is 9.91. The van der Waals surface area contributed by atoms with E-state index in [4.69, 9.17) is 0 Å². The van der Waals surface area contributed by atoms with Crippen LogP contribution in [0.15, 0.2) is 194 Å². The first kappa shape index (κ1) is 32.3. The number of benzene rings is 11. The molecule has 0 atom stereocenters. The SMILES string of the molecule is c1ccc2cc(-c3c4ccccc4c(-c4ccc(-c5cc6sc7cc8c(cc7c6c6ccccc56)sc5ccccc58)c5ccccc45)c4ccccc34)ccc2c1. The van der Waals surface area contributed by atoms with Crippen LogP contribution in [0, 0.1) is 0 Å². The van der Waals surface area contributed by atoms with Crippen molar-refractivity contribution >= 4 is 117 Å². The van der Waals surface area contributed by atoms with Crippen molar-refractivity contribution in [3.8, 4) is 33.4 Å². The van der Waals surface area contributed by atoms with E-state index < -0.39 is 0 Å². The number of rotatable bonds is 3. The van der Waals surface area contributed by atoms with Gasteiger partial charge in [-0.15, -0.1) is 22.7 Å². The van der Waals surface area contributed by atoms with Gasteiger partial charge in [-0.3, -0.25) is 0 Å². The van der Waals surface area contributed by atoms with Gasteiger partial charge in [0.15, 0.2) is 0 Å². The van der Waals surface area contributed by atoms with Gasteiger partial charge < -0.3 is 0 Å². The van der Waals surface area contributed by atoms with E-state index >= 15 is 0 Å². The Morgan fingerprint density at radius 3 is 1.47 bits per heavy atom. The van der Waals surface area contributed by atoms with Crippen molar-refractivity contribution in [3.63, 3.8) is 0 Å². The molecule has 2 heteroatoms. The molecule has 0 nitrogen and oxygen atoms in total. The Morgan fingerprint density at radius 1 is 0.241 bits per heavy atom.